The van der Waals surface area contributed by atoms with Crippen molar-refractivity contribution in [3.8, 4) is 0 Å². The number of aromatic nitrogens is 1. The van der Waals surface area contributed by atoms with Crippen LogP contribution in [0.5, 0.6) is 0 Å². The zero-order valence-corrected chi connectivity index (χ0v) is 9.12. The Balaban J connectivity index is 3.08. The van der Waals surface area contributed by atoms with Crippen molar-refractivity contribution in [2.45, 2.75) is 5.75 Å². The molecule has 0 unspecified atom stereocenters. The normalized spacial score (nSPS) is 11.6. The van der Waals surface area contributed by atoms with Crippen LogP contribution < -0.4 is 0 Å². The zero-order chi connectivity index (χ0) is 10.1. The number of sulfone groups is 1. The van der Waals surface area contributed by atoms with Gasteiger partial charge in [0.25, 0.3) is 0 Å². The second-order valence-electron chi connectivity index (χ2n) is 2.67. The largest absolute Gasteiger partial charge is 0.243 e. The summed E-state index contributed by atoms with van der Waals surface area (Å²) in [5.74, 6) is -0.139. The minimum Gasteiger partial charge on any atom is -0.243 e. The number of hydrogen-bond donors (Lipinski definition) is 0. The average Bonchev–Trinajstić information content (AvgIpc) is 1.94. The maximum atomic E-state index is 10.9. The Morgan fingerprint density at radius 1 is 1.46 bits per heavy atom. The smallest absolute Gasteiger partial charge is 0.151 e. The van der Waals surface area contributed by atoms with Crippen LogP contribution in [-0.2, 0) is 15.6 Å². The third kappa shape index (κ3) is 3.50. The number of pyridine rings is 1. The van der Waals surface area contributed by atoms with Gasteiger partial charge in [0.05, 0.1) is 10.8 Å². The highest BCUT2D eigenvalue weighted by atomic mass is 35.5. The Hall–Kier alpha value is -0.320. The molecule has 0 saturated heterocycles. The predicted octanol–water partition coefficient (Wildman–Crippen LogP) is 1.93. The van der Waals surface area contributed by atoms with E-state index in [4.69, 9.17) is 23.2 Å². The molecule has 1 rings (SSSR count). The van der Waals surface area contributed by atoms with Gasteiger partial charge in [0, 0.05) is 18.0 Å². The molecule has 0 radical (unpaired) electrons. The van der Waals surface area contributed by atoms with Crippen LogP contribution in [0, 0.1) is 0 Å². The molecule has 0 atom stereocenters. The number of hydrogen-bond acceptors (Lipinski definition) is 3. The molecule has 0 fully saturated rings. The fourth-order valence-electron chi connectivity index (χ4n) is 0.848. The molecule has 3 nitrogen and oxygen atoms in total. The molecule has 0 aromatic carbocycles. The summed E-state index contributed by atoms with van der Waals surface area (Å²) >= 11 is 11.3. The second kappa shape index (κ2) is 3.82. The Bertz CT molecular complexity index is 417. The molecule has 0 amide bonds. The monoisotopic (exact) mass is 239 g/mol. The van der Waals surface area contributed by atoms with Gasteiger partial charge in [-0.15, -0.1) is 0 Å². The van der Waals surface area contributed by atoms with Gasteiger partial charge in [-0.3, -0.25) is 0 Å². The summed E-state index contributed by atoms with van der Waals surface area (Å²) in [5.41, 5.74) is 0.427. The predicted molar refractivity (Wildman–Crippen MR) is 52.8 cm³/mol. The molecule has 0 aliphatic carbocycles. The Morgan fingerprint density at radius 2 is 2.08 bits per heavy atom. The molecule has 0 aliphatic rings. The van der Waals surface area contributed by atoms with Crippen LogP contribution in [0.4, 0.5) is 0 Å². The molecule has 1 aromatic heterocycles. The van der Waals surface area contributed by atoms with Gasteiger partial charge < -0.3 is 0 Å². The quantitative estimate of drug-likeness (QED) is 0.742. The third-order valence-electron chi connectivity index (χ3n) is 1.30. The molecular formula is C7H7Cl2NO2S. The van der Waals surface area contributed by atoms with Crippen molar-refractivity contribution in [2.24, 2.45) is 0 Å². The number of halogens is 2. The third-order valence-corrected chi connectivity index (χ3v) is 2.68. The maximum absolute atomic E-state index is 10.9. The Morgan fingerprint density at radius 3 is 2.62 bits per heavy atom. The van der Waals surface area contributed by atoms with Crippen molar-refractivity contribution in [3.63, 3.8) is 0 Å². The van der Waals surface area contributed by atoms with Crippen molar-refractivity contribution in [1.29, 1.82) is 0 Å². The summed E-state index contributed by atoms with van der Waals surface area (Å²) in [6.45, 7) is 0. The van der Waals surface area contributed by atoms with E-state index in [2.05, 4.69) is 4.98 Å². The molecular weight excluding hydrogens is 233 g/mol. The van der Waals surface area contributed by atoms with E-state index in [1.165, 1.54) is 12.3 Å². The van der Waals surface area contributed by atoms with Crippen molar-refractivity contribution in [2.75, 3.05) is 6.26 Å². The molecule has 0 bridgehead atoms. The highest BCUT2D eigenvalue weighted by molar-refractivity contribution is 7.89. The minimum absolute atomic E-state index is 0.139. The first-order valence-corrected chi connectivity index (χ1v) is 6.18. The summed E-state index contributed by atoms with van der Waals surface area (Å²) in [7, 11) is -3.10. The van der Waals surface area contributed by atoms with Gasteiger partial charge in [-0.1, -0.05) is 23.2 Å². The lowest BCUT2D eigenvalue weighted by molar-refractivity contribution is 0.601. The van der Waals surface area contributed by atoms with E-state index in [-0.39, 0.29) is 10.9 Å². The van der Waals surface area contributed by atoms with Crippen LogP contribution in [0.15, 0.2) is 12.3 Å². The fourth-order valence-corrected chi connectivity index (χ4v) is 2.06. The summed E-state index contributed by atoms with van der Waals surface area (Å²) in [6.07, 6.45) is 2.50. The molecule has 0 N–H and O–H groups in total. The highest BCUT2D eigenvalue weighted by Crippen LogP contribution is 2.19. The van der Waals surface area contributed by atoms with Crippen LogP contribution in [0.3, 0.4) is 0 Å². The number of nitrogens with zero attached hydrogens (tertiary/aromatic N) is 1. The molecule has 0 spiro atoms. The van der Waals surface area contributed by atoms with E-state index in [1.807, 2.05) is 0 Å². The molecule has 0 saturated carbocycles. The molecule has 1 heterocycles. The topological polar surface area (TPSA) is 47.0 Å². The summed E-state index contributed by atoms with van der Waals surface area (Å²) < 4.78 is 21.9. The summed E-state index contributed by atoms with van der Waals surface area (Å²) in [6, 6.07) is 1.50. The summed E-state index contributed by atoms with van der Waals surface area (Å²) in [4.78, 5) is 3.73. The van der Waals surface area contributed by atoms with Gasteiger partial charge in [-0.05, 0) is 6.07 Å². The van der Waals surface area contributed by atoms with Crippen molar-refractivity contribution in [1.82, 2.24) is 4.98 Å². The molecule has 72 valence electrons. The van der Waals surface area contributed by atoms with Gasteiger partial charge in [0.2, 0.25) is 0 Å². The lowest BCUT2D eigenvalue weighted by Crippen LogP contribution is -2.01. The van der Waals surface area contributed by atoms with Crippen molar-refractivity contribution >= 4 is 33.0 Å². The first-order valence-electron chi connectivity index (χ1n) is 3.36. The van der Waals surface area contributed by atoms with Crippen LogP contribution in [0.25, 0.3) is 0 Å². The molecule has 6 heteroatoms. The highest BCUT2D eigenvalue weighted by Gasteiger charge is 2.09. The van der Waals surface area contributed by atoms with Gasteiger partial charge >= 0.3 is 0 Å². The van der Waals surface area contributed by atoms with Gasteiger partial charge in [0.15, 0.2) is 9.84 Å². The maximum Gasteiger partial charge on any atom is 0.151 e. The van der Waals surface area contributed by atoms with Crippen LogP contribution in [0.1, 0.15) is 5.56 Å². The van der Waals surface area contributed by atoms with Crippen molar-refractivity contribution in [3.05, 3.63) is 28.0 Å². The average molecular weight is 240 g/mol. The van der Waals surface area contributed by atoms with Crippen LogP contribution >= 0.6 is 23.2 Å². The summed E-state index contributed by atoms with van der Waals surface area (Å²) in [5, 5.41) is 0.554. The van der Waals surface area contributed by atoms with E-state index in [1.54, 1.807) is 0 Å². The van der Waals surface area contributed by atoms with E-state index in [0.29, 0.717) is 10.6 Å². The first kappa shape index (κ1) is 10.8. The van der Waals surface area contributed by atoms with Crippen molar-refractivity contribution < 1.29 is 8.42 Å². The van der Waals surface area contributed by atoms with E-state index < -0.39 is 9.84 Å². The standard InChI is InChI=1S/C7H7Cl2NO2S/c1-13(11,12)4-5-2-6(8)3-10-7(5)9/h2-3H,4H2,1H3. The fraction of sp³-hybridized carbons (Fsp3) is 0.286. The molecule has 0 aliphatic heterocycles. The second-order valence-corrected chi connectivity index (χ2v) is 5.61. The Labute approximate surface area is 86.6 Å². The lowest BCUT2D eigenvalue weighted by atomic mass is 10.3. The van der Waals surface area contributed by atoms with E-state index >= 15 is 0 Å². The first-order chi connectivity index (χ1) is 5.88. The van der Waals surface area contributed by atoms with E-state index in [9.17, 15) is 8.42 Å². The minimum atomic E-state index is -3.10. The van der Waals surface area contributed by atoms with Gasteiger partial charge in [0.1, 0.15) is 5.15 Å². The SMILES string of the molecule is CS(=O)(=O)Cc1cc(Cl)cnc1Cl. The van der Waals surface area contributed by atoms with Crippen LogP contribution in [0.2, 0.25) is 10.2 Å². The van der Waals surface area contributed by atoms with Crippen LogP contribution in [-0.4, -0.2) is 19.7 Å². The van der Waals surface area contributed by atoms with Gasteiger partial charge in [-0.25, -0.2) is 13.4 Å². The molecule has 1 aromatic rings. The number of rotatable bonds is 2. The zero-order valence-electron chi connectivity index (χ0n) is 6.79. The lowest BCUT2D eigenvalue weighted by Gasteiger charge is -2.01. The molecule has 13 heavy (non-hydrogen) atoms. The van der Waals surface area contributed by atoms with Gasteiger partial charge in [-0.2, -0.15) is 0 Å². The Kier molecular flexibility index (Phi) is 3.16. The van der Waals surface area contributed by atoms with E-state index in [0.717, 1.165) is 6.26 Å².